The summed E-state index contributed by atoms with van der Waals surface area (Å²) in [5.74, 6) is 0.559. The minimum atomic E-state index is -0.647. The van der Waals surface area contributed by atoms with E-state index < -0.39 is 5.97 Å². The van der Waals surface area contributed by atoms with Gasteiger partial charge in [-0.25, -0.2) is 4.79 Å². The monoisotopic (exact) mass is 362 g/mol. The van der Waals surface area contributed by atoms with Gasteiger partial charge < -0.3 is 18.9 Å². The maximum absolute atomic E-state index is 12.1. The fourth-order valence-corrected chi connectivity index (χ4v) is 2.37. The Balaban J connectivity index is 1.49. The Labute approximate surface area is 149 Å². The number of benzene rings is 2. The van der Waals surface area contributed by atoms with Crippen LogP contribution in [-0.2, 0) is 9.53 Å². The maximum Gasteiger partial charge on any atom is 0.344 e. The molecule has 6 nitrogen and oxygen atoms in total. The summed E-state index contributed by atoms with van der Waals surface area (Å²) in [5, 5.41) is 0.500. The first-order chi connectivity index (χ1) is 12.1. The summed E-state index contributed by atoms with van der Waals surface area (Å²) < 4.78 is 21.0. The van der Waals surface area contributed by atoms with Gasteiger partial charge in [0.1, 0.15) is 19.0 Å². The van der Waals surface area contributed by atoms with Crippen LogP contribution in [0.2, 0.25) is 5.02 Å². The second-order valence-electron chi connectivity index (χ2n) is 5.19. The van der Waals surface area contributed by atoms with Gasteiger partial charge in [0.2, 0.25) is 0 Å². The number of carbonyl (C=O) groups is 2. The lowest BCUT2D eigenvalue weighted by atomic mass is 10.1. The lowest BCUT2D eigenvalue weighted by Gasteiger charge is -2.18. The van der Waals surface area contributed by atoms with E-state index in [0.29, 0.717) is 41.0 Å². The number of ketones is 1. The normalized spacial score (nSPS) is 12.4. The number of fused-ring (bicyclic) bond motifs is 1. The first-order valence-corrected chi connectivity index (χ1v) is 7.96. The Morgan fingerprint density at radius 3 is 2.60 bits per heavy atom. The molecule has 1 heterocycles. The minimum Gasteiger partial charge on any atom is -0.486 e. The minimum absolute atomic E-state index is 0.311. The van der Waals surface area contributed by atoms with Gasteiger partial charge in [0.15, 0.2) is 30.5 Å². The topological polar surface area (TPSA) is 71.1 Å². The Hall–Kier alpha value is -2.73. The Kier molecular flexibility index (Phi) is 5.40. The SMILES string of the molecule is O=C(COc1cccc(Cl)c1)OCC(=O)c1ccc2c(c1)OCCO2. The number of halogens is 1. The predicted molar refractivity (Wildman–Crippen MR) is 89.7 cm³/mol. The summed E-state index contributed by atoms with van der Waals surface area (Å²) in [6, 6.07) is 11.5. The van der Waals surface area contributed by atoms with Gasteiger partial charge in [-0.2, -0.15) is 0 Å². The highest BCUT2D eigenvalue weighted by atomic mass is 35.5. The van der Waals surface area contributed by atoms with E-state index in [1.807, 2.05) is 0 Å². The lowest BCUT2D eigenvalue weighted by molar-refractivity contribution is -0.144. The van der Waals surface area contributed by atoms with Gasteiger partial charge in [-0.05, 0) is 36.4 Å². The number of hydrogen-bond donors (Lipinski definition) is 0. The third kappa shape index (κ3) is 4.64. The zero-order valence-electron chi connectivity index (χ0n) is 13.2. The van der Waals surface area contributed by atoms with Gasteiger partial charge in [-0.1, -0.05) is 17.7 Å². The Morgan fingerprint density at radius 2 is 1.80 bits per heavy atom. The van der Waals surface area contributed by atoms with Crippen molar-refractivity contribution in [2.75, 3.05) is 26.4 Å². The lowest BCUT2D eigenvalue weighted by Crippen LogP contribution is -2.20. The molecule has 7 heteroatoms. The summed E-state index contributed by atoms with van der Waals surface area (Å²) in [6.07, 6.45) is 0. The number of ether oxygens (including phenoxy) is 4. The Morgan fingerprint density at radius 1 is 1.00 bits per heavy atom. The van der Waals surface area contributed by atoms with Crippen LogP contribution in [0.3, 0.4) is 0 Å². The molecule has 0 aromatic heterocycles. The molecule has 0 radical (unpaired) electrons. The summed E-state index contributed by atoms with van der Waals surface area (Å²) >= 11 is 5.82. The van der Waals surface area contributed by atoms with E-state index in [9.17, 15) is 9.59 Å². The standard InChI is InChI=1S/C18H15ClO6/c19-13-2-1-3-14(9-13)24-11-18(21)25-10-15(20)12-4-5-16-17(8-12)23-7-6-22-16/h1-5,8-9H,6-7,10-11H2. The van der Waals surface area contributed by atoms with E-state index in [2.05, 4.69) is 0 Å². The van der Waals surface area contributed by atoms with Gasteiger partial charge >= 0.3 is 5.97 Å². The zero-order chi connectivity index (χ0) is 17.6. The van der Waals surface area contributed by atoms with Crippen LogP contribution in [0.15, 0.2) is 42.5 Å². The number of hydrogen-bond acceptors (Lipinski definition) is 6. The zero-order valence-corrected chi connectivity index (χ0v) is 14.0. The van der Waals surface area contributed by atoms with Crippen molar-refractivity contribution in [2.45, 2.75) is 0 Å². The largest absolute Gasteiger partial charge is 0.486 e. The van der Waals surface area contributed by atoms with Gasteiger partial charge in [0, 0.05) is 10.6 Å². The third-order valence-electron chi connectivity index (χ3n) is 3.38. The summed E-state index contributed by atoms with van der Waals surface area (Å²) in [5.41, 5.74) is 0.382. The molecule has 0 N–H and O–H groups in total. The molecule has 0 amide bonds. The van der Waals surface area contributed by atoms with Gasteiger partial charge in [0.05, 0.1) is 0 Å². The number of carbonyl (C=O) groups excluding carboxylic acids is 2. The van der Waals surface area contributed by atoms with E-state index in [4.69, 9.17) is 30.5 Å². The summed E-state index contributed by atoms with van der Waals surface area (Å²) in [4.78, 5) is 23.8. The third-order valence-corrected chi connectivity index (χ3v) is 3.62. The average molecular weight is 363 g/mol. The number of Topliss-reactive ketones (excluding diaryl/α,β-unsaturated/α-hetero) is 1. The fraction of sp³-hybridized carbons (Fsp3) is 0.222. The molecular formula is C18H15ClO6. The maximum atomic E-state index is 12.1. The van der Waals surface area contributed by atoms with Crippen molar-refractivity contribution in [3.8, 4) is 17.2 Å². The average Bonchev–Trinajstić information content (AvgIpc) is 2.64. The predicted octanol–water partition coefficient (Wildman–Crippen LogP) is 2.92. The second kappa shape index (κ2) is 7.90. The highest BCUT2D eigenvalue weighted by Crippen LogP contribution is 2.30. The van der Waals surface area contributed by atoms with Gasteiger partial charge in [-0.15, -0.1) is 0 Å². The van der Waals surface area contributed by atoms with E-state index in [-0.39, 0.29) is 19.0 Å². The number of rotatable bonds is 6. The van der Waals surface area contributed by atoms with Crippen molar-refractivity contribution in [3.05, 3.63) is 53.1 Å². The quantitative estimate of drug-likeness (QED) is 0.581. The first-order valence-electron chi connectivity index (χ1n) is 7.58. The van der Waals surface area contributed by atoms with Crippen LogP contribution in [0.1, 0.15) is 10.4 Å². The molecule has 25 heavy (non-hydrogen) atoms. The molecule has 0 bridgehead atoms. The molecule has 1 aliphatic rings. The van der Waals surface area contributed by atoms with E-state index in [1.165, 1.54) is 0 Å². The highest BCUT2D eigenvalue weighted by Gasteiger charge is 2.16. The molecule has 0 saturated carbocycles. The second-order valence-corrected chi connectivity index (χ2v) is 5.62. The molecule has 0 saturated heterocycles. The summed E-state index contributed by atoms with van der Waals surface area (Å²) in [7, 11) is 0. The molecule has 1 aliphatic heterocycles. The van der Waals surface area contributed by atoms with Crippen LogP contribution in [-0.4, -0.2) is 38.2 Å². The van der Waals surface area contributed by atoms with Crippen molar-refractivity contribution >= 4 is 23.4 Å². The highest BCUT2D eigenvalue weighted by molar-refractivity contribution is 6.30. The molecule has 2 aromatic rings. The molecule has 0 spiro atoms. The molecular weight excluding hydrogens is 348 g/mol. The van der Waals surface area contributed by atoms with E-state index >= 15 is 0 Å². The van der Waals surface area contributed by atoms with E-state index in [1.54, 1.807) is 42.5 Å². The van der Waals surface area contributed by atoms with Crippen LogP contribution in [0, 0.1) is 0 Å². The van der Waals surface area contributed by atoms with Crippen molar-refractivity contribution in [1.29, 1.82) is 0 Å². The van der Waals surface area contributed by atoms with Crippen molar-refractivity contribution in [1.82, 2.24) is 0 Å². The van der Waals surface area contributed by atoms with Crippen LogP contribution >= 0.6 is 11.6 Å². The molecule has 3 rings (SSSR count). The van der Waals surface area contributed by atoms with Crippen molar-refractivity contribution in [2.24, 2.45) is 0 Å². The summed E-state index contributed by atoms with van der Waals surface area (Å²) in [6.45, 7) is 0.219. The number of esters is 1. The van der Waals surface area contributed by atoms with Gasteiger partial charge in [0.25, 0.3) is 0 Å². The van der Waals surface area contributed by atoms with Crippen molar-refractivity contribution in [3.63, 3.8) is 0 Å². The smallest absolute Gasteiger partial charge is 0.344 e. The fourth-order valence-electron chi connectivity index (χ4n) is 2.19. The van der Waals surface area contributed by atoms with E-state index in [0.717, 1.165) is 0 Å². The molecule has 0 atom stereocenters. The van der Waals surface area contributed by atoms with Crippen LogP contribution in [0.25, 0.3) is 0 Å². The molecule has 0 aliphatic carbocycles. The molecule has 130 valence electrons. The molecule has 0 fully saturated rings. The molecule has 0 unspecified atom stereocenters. The Bertz CT molecular complexity index is 789. The van der Waals surface area contributed by atoms with Crippen LogP contribution in [0.5, 0.6) is 17.2 Å². The van der Waals surface area contributed by atoms with Crippen LogP contribution < -0.4 is 14.2 Å². The van der Waals surface area contributed by atoms with Crippen LogP contribution in [0.4, 0.5) is 0 Å². The first kappa shape index (κ1) is 17.1. The molecule has 2 aromatic carbocycles. The van der Waals surface area contributed by atoms with Crippen molar-refractivity contribution < 1.29 is 28.5 Å². The van der Waals surface area contributed by atoms with Gasteiger partial charge in [-0.3, -0.25) is 4.79 Å².